The minimum Gasteiger partial charge on any atom is -0.507 e. The number of hydrogen-bond acceptors (Lipinski definition) is 4. The number of carbonyl (C=O) groups excluding carboxylic acids is 1. The molecule has 2 aromatic carbocycles. The molecule has 0 saturated heterocycles. The third kappa shape index (κ3) is 5.07. The average molecular weight is 325 g/mol. The number of ether oxygens (including phenoxy) is 1. The Morgan fingerprint density at radius 2 is 1.88 bits per heavy atom. The van der Waals surface area contributed by atoms with Crippen molar-refractivity contribution in [1.82, 2.24) is 5.32 Å². The van der Waals surface area contributed by atoms with Crippen molar-refractivity contribution >= 4 is 12.1 Å². The van der Waals surface area contributed by atoms with Crippen molar-refractivity contribution in [3.8, 4) is 17.6 Å². The molecule has 0 fully saturated rings. The molecule has 0 bridgehead atoms. The van der Waals surface area contributed by atoms with Crippen LogP contribution in [0.3, 0.4) is 0 Å². The maximum absolute atomic E-state index is 11.5. The Hall–Kier alpha value is -3.46. The molecule has 6 heteroatoms. The van der Waals surface area contributed by atoms with Gasteiger partial charge in [-0.2, -0.15) is 0 Å². The number of hydrogen-bond donors (Lipinski definition) is 3. The van der Waals surface area contributed by atoms with Crippen molar-refractivity contribution in [2.24, 2.45) is 0 Å². The number of benzene rings is 2. The van der Waals surface area contributed by atoms with E-state index in [-0.39, 0.29) is 30.0 Å². The first kappa shape index (κ1) is 16.9. The molecule has 0 aliphatic heterocycles. The van der Waals surface area contributed by atoms with Crippen molar-refractivity contribution in [1.29, 1.82) is 0 Å². The molecule has 0 aliphatic rings. The number of phenolic OH excluding ortho intramolecular Hbond substituents is 1. The van der Waals surface area contributed by atoms with Gasteiger partial charge in [0.1, 0.15) is 12.4 Å². The predicted octanol–water partition coefficient (Wildman–Crippen LogP) is 2.37. The zero-order chi connectivity index (χ0) is 17.4. The third-order valence-electron chi connectivity index (χ3n) is 3.00. The smallest absolute Gasteiger partial charge is 0.408 e. The highest BCUT2D eigenvalue weighted by molar-refractivity contribution is 5.88. The number of carbonyl (C=O) groups is 2. The van der Waals surface area contributed by atoms with E-state index >= 15 is 0 Å². The van der Waals surface area contributed by atoms with Crippen LogP contribution in [0.25, 0.3) is 0 Å². The van der Waals surface area contributed by atoms with E-state index in [0.29, 0.717) is 0 Å². The van der Waals surface area contributed by atoms with Crippen LogP contribution in [0.1, 0.15) is 21.5 Å². The molecule has 2 aromatic rings. The lowest BCUT2D eigenvalue weighted by Crippen LogP contribution is -2.24. The van der Waals surface area contributed by atoms with E-state index in [1.807, 2.05) is 30.3 Å². The van der Waals surface area contributed by atoms with Crippen LogP contribution in [0.15, 0.2) is 48.5 Å². The largest absolute Gasteiger partial charge is 0.507 e. The summed E-state index contributed by atoms with van der Waals surface area (Å²) in [4.78, 5) is 22.4. The molecule has 0 atom stereocenters. The summed E-state index contributed by atoms with van der Waals surface area (Å²) in [7, 11) is 0. The van der Waals surface area contributed by atoms with Gasteiger partial charge < -0.3 is 20.3 Å². The van der Waals surface area contributed by atoms with Gasteiger partial charge in [0.05, 0.1) is 17.7 Å². The maximum Gasteiger partial charge on any atom is 0.408 e. The predicted molar refractivity (Wildman–Crippen MR) is 86.6 cm³/mol. The summed E-state index contributed by atoms with van der Waals surface area (Å²) in [5.41, 5.74) is 1.07. The molecular weight excluding hydrogens is 310 g/mol. The second-order valence-corrected chi connectivity index (χ2v) is 4.75. The number of phenols is 1. The maximum atomic E-state index is 11.5. The minimum absolute atomic E-state index is 0.00433. The Morgan fingerprint density at radius 1 is 1.12 bits per heavy atom. The summed E-state index contributed by atoms with van der Waals surface area (Å²) in [6.07, 6.45) is -0.614. The quantitative estimate of drug-likeness (QED) is 0.750. The Kier molecular flexibility index (Phi) is 5.81. The van der Waals surface area contributed by atoms with Crippen LogP contribution >= 0.6 is 0 Å². The van der Waals surface area contributed by atoms with E-state index in [2.05, 4.69) is 17.2 Å². The van der Waals surface area contributed by atoms with Crippen molar-refractivity contribution in [3.05, 3.63) is 65.2 Å². The summed E-state index contributed by atoms with van der Waals surface area (Å²) in [5.74, 6) is 3.99. The van der Waals surface area contributed by atoms with Gasteiger partial charge >= 0.3 is 12.1 Å². The summed E-state index contributed by atoms with van der Waals surface area (Å²) >= 11 is 0. The van der Waals surface area contributed by atoms with Crippen molar-refractivity contribution in [2.75, 3.05) is 6.54 Å². The topological polar surface area (TPSA) is 95.9 Å². The Balaban J connectivity index is 1.84. The molecule has 0 radical (unpaired) electrons. The zero-order valence-electron chi connectivity index (χ0n) is 12.7. The molecule has 24 heavy (non-hydrogen) atoms. The number of carboxylic acid groups (broad SMARTS) is 1. The summed E-state index contributed by atoms with van der Waals surface area (Å²) in [5, 5.41) is 21.0. The molecular formula is C18H15NO5. The van der Waals surface area contributed by atoms with Crippen LogP contribution in [-0.2, 0) is 11.3 Å². The second kappa shape index (κ2) is 8.25. The fourth-order valence-electron chi connectivity index (χ4n) is 1.80. The average Bonchev–Trinajstić information content (AvgIpc) is 2.59. The van der Waals surface area contributed by atoms with Gasteiger partial charge in [0, 0.05) is 0 Å². The molecule has 0 heterocycles. The third-order valence-corrected chi connectivity index (χ3v) is 3.00. The fourth-order valence-corrected chi connectivity index (χ4v) is 1.80. The summed E-state index contributed by atoms with van der Waals surface area (Å²) in [6.45, 7) is 0.159. The number of rotatable bonds is 4. The summed E-state index contributed by atoms with van der Waals surface area (Å²) < 4.78 is 5.01. The lowest BCUT2D eigenvalue weighted by molar-refractivity contribution is 0.0696. The lowest BCUT2D eigenvalue weighted by atomic mass is 10.1. The van der Waals surface area contributed by atoms with Gasteiger partial charge in [0.25, 0.3) is 0 Å². The van der Waals surface area contributed by atoms with Gasteiger partial charge in [-0.3, -0.25) is 0 Å². The molecule has 1 amide bonds. The molecule has 0 aliphatic carbocycles. The van der Waals surface area contributed by atoms with Gasteiger partial charge in [-0.15, -0.1) is 0 Å². The van der Waals surface area contributed by atoms with Crippen LogP contribution < -0.4 is 5.32 Å². The first-order chi connectivity index (χ1) is 11.6. The number of alkyl carbamates (subject to hydrolysis) is 1. The van der Waals surface area contributed by atoms with Gasteiger partial charge in [0.15, 0.2) is 0 Å². The highest BCUT2D eigenvalue weighted by atomic mass is 16.5. The Bertz CT molecular complexity index is 790. The number of aromatic carboxylic acids is 1. The first-order valence-corrected chi connectivity index (χ1v) is 7.06. The van der Waals surface area contributed by atoms with E-state index in [1.165, 1.54) is 18.2 Å². The van der Waals surface area contributed by atoms with Crippen LogP contribution in [-0.4, -0.2) is 28.8 Å². The Morgan fingerprint density at radius 3 is 2.58 bits per heavy atom. The molecule has 0 aromatic heterocycles. The molecule has 2 rings (SSSR count). The molecule has 3 N–H and O–H groups in total. The fraction of sp³-hybridized carbons (Fsp3) is 0.111. The Labute approximate surface area is 138 Å². The van der Waals surface area contributed by atoms with Crippen molar-refractivity contribution in [3.63, 3.8) is 0 Å². The van der Waals surface area contributed by atoms with Crippen LogP contribution in [0, 0.1) is 11.8 Å². The zero-order valence-corrected chi connectivity index (χ0v) is 12.7. The molecule has 0 saturated carbocycles. The van der Waals surface area contributed by atoms with Crippen molar-refractivity contribution in [2.45, 2.75) is 6.61 Å². The second-order valence-electron chi connectivity index (χ2n) is 4.75. The summed E-state index contributed by atoms with van der Waals surface area (Å²) in [6, 6.07) is 13.0. The number of aromatic hydroxyl groups is 1. The van der Waals surface area contributed by atoms with E-state index in [0.717, 1.165) is 5.56 Å². The van der Waals surface area contributed by atoms with Gasteiger partial charge in [-0.1, -0.05) is 42.2 Å². The van der Waals surface area contributed by atoms with Gasteiger partial charge in [-0.05, 0) is 23.8 Å². The van der Waals surface area contributed by atoms with Gasteiger partial charge in [-0.25, -0.2) is 9.59 Å². The number of amides is 1. The molecule has 0 spiro atoms. The molecule has 6 nitrogen and oxygen atoms in total. The highest BCUT2D eigenvalue weighted by Crippen LogP contribution is 2.17. The monoisotopic (exact) mass is 325 g/mol. The normalized spacial score (nSPS) is 9.50. The van der Waals surface area contributed by atoms with E-state index < -0.39 is 12.1 Å². The van der Waals surface area contributed by atoms with E-state index in [1.54, 1.807) is 0 Å². The van der Waals surface area contributed by atoms with Crippen LogP contribution in [0.5, 0.6) is 5.75 Å². The van der Waals surface area contributed by atoms with Crippen LogP contribution in [0.2, 0.25) is 0 Å². The molecule has 122 valence electrons. The number of carboxylic acids is 1. The first-order valence-electron chi connectivity index (χ1n) is 7.06. The highest BCUT2D eigenvalue weighted by Gasteiger charge is 2.06. The molecule has 0 unspecified atom stereocenters. The number of nitrogens with one attached hydrogen (secondary N) is 1. The van der Waals surface area contributed by atoms with Crippen LogP contribution in [0.4, 0.5) is 4.79 Å². The van der Waals surface area contributed by atoms with E-state index in [4.69, 9.17) is 9.84 Å². The minimum atomic E-state index is -1.11. The lowest BCUT2D eigenvalue weighted by Gasteiger charge is -2.04. The SMILES string of the molecule is O=C(NCC#Cc1cc(C(=O)O)ccc1O)OCc1ccccc1. The van der Waals surface area contributed by atoms with Crippen molar-refractivity contribution < 1.29 is 24.5 Å². The van der Waals surface area contributed by atoms with E-state index in [9.17, 15) is 14.7 Å². The standard InChI is InChI=1S/C18H15NO5/c20-16-9-8-15(17(21)22)11-14(16)7-4-10-19-18(23)24-12-13-5-2-1-3-6-13/h1-3,5-6,8-9,11,20H,10,12H2,(H,19,23)(H,21,22). The van der Waals surface area contributed by atoms with Gasteiger partial charge in [0.2, 0.25) is 0 Å².